The molecule has 21 heavy (non-hydrogen) atoms. The number of hydrogen-bond donors (Lipinski definition) is 1. The van der Waals surface area contributed by atoms with Gasteiger partial charge in [-0.25, -0.2) is 18.2 Å². The number of rotatable bonds is 2. The van der Waals surface area contributed by atoms with Crippen LogP contribution in [0.25, 0.3) is 11.0 Å². The Bertz CT molecular complexity index is 648. The van der Waals surface area contributed by atoms with Crippen molar-refractivity contribution in [3.8, 4) is 0 Å². The highest BCUT2D eigenvalue weighted by Crippen LogP contribution is 2.27. The maximum Gasteiger partial charge on any atom is 0.317 e. The number of amides is 2. The highest BCUT2D eigenvalue weighted by molar-refractivity contribution is 5.75. The van der Waals surface area contributed by atoms with Crippen molar-refractivity contribution < 1.29 is 18.2 Å². The van der Waals surface area contributed by atoms with E-state index >= 15 is 0 Å². The summed E-state index contributed by atoms with van der Waals surface area (Å²) < 4.78 is 30.7. The maximum atomic E-state index is 13.0. The summed E-state index contributed by atoms with van der Waals surface area (Å²) in [5.74, 6) is -2.65. The van der Waals surface area contributed by atoms with Crippen LogP contribution in [0.5, 0.6) is 0 Å². The molecule has 0 saturated carbocycles. The van der Waals surface area contributed by atoms with Gasteiger partial charge in [-0.3, -0.25) is 0 Å². The summed E-state index contributed by atoms with van der Waals surface area (Å²) in [6.07, 6.45) is -0.562. The average Bonchev–Trinajstić information content (AvgIpc) is 2.92. The van der Waals surface area contributed by atoms with Crippen molar-refractivity contribution in [1.82, 2.24) is 20.5 Å². The number of hydrogen-bond acceptors (Lipinski definition) is 4. The van der Waals surface area contributed by atoms with Crippen molar-refractivity contribution in [3.05, 3.63) is 23.8 Å². The second kappa shape index (κ2) is 5.27. The molecule has 0 bridgehead atoms. The van der Waals surface area contributed by atoms with E-state index in [0.29, 0.717) is 17.6 Å². The molecule has 0 radical (unpaired) electrons. The summed E-state index contributed by atoms with van der Waals surface area (Å²) in [6, 6.07) is 4.98. The summed E-state index contributed by atoms with van der Waals surface area (Å²) in [6.45, 7) is 0.449. The number of fused-ring (bicyclic) bond motifs is 1. The number of halogens is 2. The molecule has 3 rings (SSSR count). The molecule has 1 aliphatic rings. The number of carbonyl (C=O) groups is 1. The van der Waals surface area contributed by atoms with E-state index in [1.54, 1.807) is 18.2 Å². The topological polar surface area (TPSA) is 71.3 Å². The van der Waals surface area contributed by atoms with Gasteiger partial charge in [-0.2, -0.15) is 0 Å². The standard InChI is InChI=1S/C13H14F2N4O2/c14-13(15)3-5-19(6-4-13)12(20)16-8-9-1-2-10-11(7-9)18-21-17-10/h1-2,7H,3-6,8H2,(H,16,20). The van der Waals surface area contributed by atoms with Crippen LogP contribution in [0.4, 0.5) is 13.6 Å². The molecule has 2 aromatic rings. The van der Waals surface area contributed by atoms with Gasteiger partial charge in [0.2, 0.25) is 0 Å². The Morgan fingerprint density at radius 3 is 2.76 bits per heavy atom. The lowest BCUT2D eigenvalue weighted by Gasteiger charge is -2.31. The van der Waals surface area contributed by atoms with E-state index in [2.05, 4.69) is 20.3 Å². The normalized spacial score (nSPS) is 17.9. The molecule has 2 heterocycles. The van der Waals surface area contributed by atoms with E-state index in [-0.39, 0.29) is 32.0 Å². The van der Waals surface area contributed by atoms with Gasteiger partial charge < -0.3 is 10.2 Å². The van der Waals surface area contributed by atoms with Crippen LogP contribution in [0, 0.1) is 0 Å². The highest BCUT2D eigenvalue weighted by Gasteiger charge is 2.35. The minimum absolute atomic E-state index is 0.0745. The Labute approximate surface area is 119 Å². The lowest BCUT2D eigenvalue weighted by atomic mass is 10.1. The zero-order valence-electron chi connectivity index (χ0n) is 11.2. The summed E-state index contributed by atoms with van der Waals surface area (Å²) in [5, 5.41) is 10.1. The predicted molar refractivity (Wildman–Crippen MR) is 69.8 cm³/mol. The van der Waals surface area contributed by atoms with Crippen LogP contribution in [0.2, 0.25) is 0 Å². The molecule has 0 spiro atoms. The summed E-state index contributed by atoms with van der Waals surface area (Å²) in [7, 11) is 0. The summed E-state index contributed by atoms with van der Waals surface area (Å²) >= 11 is 0. The molecule has 1 fully saturated rings. The first-order chi connectivity index (χ1) is 10.0. The van der Waals surface area contributed by atoms with Gasteiger partial charge in [0.15, 0.2) is 0 Å². The zero-order valence-corrected chi connectivity index (χ0v) is 11.2. The van der Waals surface area contributed by atoms with Crippen molar-refractivity contribution >= 4 is 17.1 Å². The molecule has 6 nitrogen and oxygen atoms in total. The van der Waals surface area contributed by atoms with E-state index in [1.807, 2.05) is 0 Å². The van der Waals surface area contributed by atoms with Gasteiger partial charge in [-0.15, -0.1) is 0 Å². The van der Waals surface area contributed by atoms with Gasteiger partial charge in [0.25, 0.3) is 5.92 Å². The third kappa shape index (κ3) is 3.09. The van der Waals surface area contributed by atoms with Crippen molar-refractivity contribution in [2.45, 2.75) is 25.3 Å². The number of benzene rings is 1. The number of piperidine rings is 1. The molecule has 8 heteroatoms. The van der Waals surface area contributed by atoms with Gasteiger partial charge in [0.05, 0.1) is 0 Å². The van der Waals surface area contributed by atoms with Crippen LogP contribution in [0.15, 0.2) is 22.8 Å². The van der Waals surface area contributed by atoms with Gasteiger partial charge in [-0.05, 0) is 28.0 Å². The van der Waals surface area contributed by atoms with Crippen LogP contribution < -0.4 is 5.32 Å². The number of carbonyl (C=O) groups excluding carboxylic acids is 1. The van der Waals surface area contributed by atoms with E-state index < -0.39 is 5.92 Å². The molecule has 1 aromatic heterocycles. The van der Waals surface area contributed by atoms with Crippen LogP contribution in [0.3, 0.4) is 0 Å². The van der Waals surface area contributed by atoms with Crippen LogP contribution in [0.1, 0.15) is 18.4 Å². The fourth-order valence-electron chi connectivity index (χ4n) is 2.26. The molecule has 1 saturated heterocycles. The van der Waals surface area contributed by atoms with Gasteiger partial charge in [0, 0.05) is 32.5 Å². The molecule has 0 unspecified atom stereocenters. The summed E-state index contributed by atoms with van der Waals surface area (Å²) in [4.78, 5) is 13.3. The van der Waals surface area contributed by atoms with Gasteiger partial charge >= 0.3 is 6.03 Å². The van der Waals surface area contributed by atoms with Crippen molar-refractivity contribution in [2.75, 3.05) is 13.1 Å². The first kappa shape index (κ1) is 13.7. The first-order valence-corrected chi connectivity index (χ1v) is 6.65. The predicted octanol–water partition coefficient (Wildman–Crippen LogP) is 2.16. The van der Waals surface area contributed by atoms with E-state index in [4.69, 9.17) is 0 Å². The molecule has 1 aromatic carbocycles. The Kier molecular flexibility index (Phi) is 3.44. The van der Waals surface area contributed by atoms with Crippen molar-refractivity contribution in [2.24, 2.45) is 0 Å². The second-order valence-corrected chi connectivity index (χ2v) is 5.09. The van der Waals surface area contributed by atoms with Gasteiger partial charge in [0.1, 0.15) is 11.0 Å². The highest BCUT2D eigenvalue weighted by atomic mass is 19.3. The molecule has 1 aliphatic heterocycles. The number of likely N-dealkylation sites (tertiary alicyclic amines) is 1. The average molecular weight is 296 g/mol. The Balaban J connectivity index is 1.56. The zero-order chi connectivity index (χ0) is 14.9. The smallest absolute Gasteiger partial charge is 0.317 e. The molecule has 1 N–H and O–H groups in total. The molecule has 0 atom stereocenters. The Morgan fingerprint density at radius 2 is 2.00 bits per heavy atom. The molecular weight excluding hydrogens is 282 g/mol. The van der Waals surface area contributed by atoms with Crippen LogP contribution in [-0.2, 0) is 6.54 Å². The minimum Gasteiger partial charge on any atom is -0.334 e. The van der Waals surface area contributed by atoms with Crippen LogP contribution in [-0.4, -0.2) is 40.3 Å². The minimum atomic E-state index is -2.65. The third-order valence-corrected chi connectivity index (χ3v) is 3.54. The third-order valence-electron chi connectivity index (χ3n) is 3.54. The Morgan fingerprint density at radius 1 is 1.29 bits per heavy atom. The van der Waals surface area contributed by atoms with E-state index in [9.17, 15) is 13.6 Å². The number of nitrogens with zero attached hydrogens (tertiary/aromatic N) is 3. The number of aromatic nitrogens is 2. The SMILES string of the molecule is O=C(NCc1ccc2nonc2c1)N1CCC(F)(F)CC1. The fraction of sp³-hybridized carbons (Fsp3) is 0.462. The number of urea groups is 1. The molecule has 0 aliphatic carbocycles. The van der Waals surface area contributed by atoms with Crippen molar-refractivity contribution in [3.63, 3.8) is 0 Å². The lowest BCUT2D eigenvalue weighted by Crippen LogP contribution is -2.47. The first-order valence-electron chi connectivity index (χ1n) is 6.65. The monoisotopic (exact) mass is 296 g/mol. The van der Waals surface area contributed by atoms with Gasteiger partial charge in [-0.1, -0.05) is 6.07 Å². The molecular formula is C13H14F2N4O2. The largest absolute Gasteiger partial charge is 0.334 e. The molecule has 2 amide bonds. The van der Waals surface area contributed by atoms with Crippen LogP contribution >= 0.6 is 0 Å². The quantitative estimate of drug-likeness (QED) is 0.922. The molecule has 112 valence electrons. The second-order valence-electron chi connectivity index (χ2n) is 5.09. The van der Waals surface area contributed by atoms with E-state index in [0.717, 1.165) is 5.56 Å². The maximum absolute atomic E-state index is 13.0. The summed E-state index contributed by atoms with van der Waals surface area (Å²) in [5.41, 5.74) is 2.09. The van der Waals surface area contributed by atoms with Crippen molar-refractivity contribution in [1.29, 1.82) is 0 Å². The number of alkyl halides is 2. The number of nitrogens with one attached hydrogen (secondary N) is 1. The fourth-order valence-corrected chi connectivity index (χ4v) is 2.26. The lowest BCUT2D eigenvalue weighted by molar-refractivity contribution is -0.0469. The van der Waals surface area contributed by atoms with E-state index in [1.165, 1.54) is 4.90 Å². The Hall–Kier alpha value is -2.25.